The zero-order chi connectivity index (χ0) is 21.6. The molecule has 8 nitrogen and oxygen atoms in total. The van der Waals surface area contributed by atoms with Crippen molar-refractivity contribution in [2.45, 2.75) is 27.3 Å². The zero-order valence-corrected chi connectivity index (χ0v) is 17.2. The number of amides is 2. The van der Waals surface area contributed by atoms with Gasteiger partial charge in [0.1, 0.15) is 17.8 Å². The summed E-state index contributed by atoms with van der Waals surface area (Å²) in [7, 11) is 0. The standard InChI is InChI=1S/C22H23N5O3/c1-13-4-5-17(25-9-13)14-6-7-24-20-15(14)8-16(19(23)29)21(30)27(20)10-18(28)26-11-22(2,3)12-26/h4-9H,10-12H2,1-3H3,(H2,23,29). The van der Waals surface area contributed by atoms with Crippen molar-refractivity contribution in [3.05, 3.63) is 58.1 Å². The van der Waals surface area contributed by atoms with E-state index in [4.69, 9.17) is 5.73 Å². The Morgan fingerprint density at radius 3 is 2.50 bits per heavy atom. The third-order valence-corrected chi connectivity index (χ3v) is 5.33. The van der Waals surface area contributed by atoms with Crippen LogP contribution in [0.15, 0.2) is 41.5 Å². The molecule has 0 saturated carbocycles. The molecule has 4 heterocycles. The summed E-state index contributed by atoms with van der Waals surface area (Å²) in [5.74, 6) is -1.04. The number of aryl methyl sites for hydroxylation is 1. The fraction of sp³-hybridized carbons (Fsp3) is 0.318. The van der Waals surface area contributed by atoms with Gasteiger partial charge in [-0.25, -0.2) is 4.98 Å². The second-order valence-electron chi connectivity index (χ2n) is 8.54. The molecule has 0 spiro atoms. The Balaban J connectivity index is 1.86. The summed E-state index contributed by atoms with van der Waals surface area (Å²) in [5, 5.41) is 0.541. The first-order valence-electron chi connectivity index (χ1n) is 9.69. The number of primary amides is 1. The Labute approximate surface area is 173 Å². The van der Waals surface area contributed by atoms with Gasteiger partial charge in [-0.1, -0.05) is 19.9 Å². The molecule has 1 aliphatic rings. The van der Waals surface area contributed by atoms with Crippen LogP contribution in [-0.4, -0.2) is 44.3 Å². The molecule has 30 heavy (non-hydrogen) atoms. The predicted octanol–water partition coefficient (Wildman–Crippen LogP) is 1.73. The fourth-order valence-electron chi connectivity index (χ4n) is 3.84. The van der Waals surface area contributed by atoms with Gasteiger partial charge in [0.2, 0.25) is 5.91 Å². The number of rotatable bonds is 4. The molecule has 1 aliphatic heterocycles. The minimum absolute atomic E-state index is 0.0697. The van der Waals surface area contributed by atoms with E-state index in [1.54, 1.807) is 23.4 Å². The van der Waals surface area contributed by atoms with Crippen LogP contribution in [0.25, 0.3) is 22.3 Å². The molecule has 3 aromatic rings. The molecule has 8 heteroatoms. The van der Waals surface area contributed by atoms with Crippen molar-refractivity contribution < 1.29 is 9.59 Å². The molecule has 0 aliphatic carbocycles. The van der Waals surface area contributed by atoms with E-state index in [1.807, 2.05) is 19.1 Å². The number of aromatic nitrogens is 3. The Hall–Kier alpha value is -3.55. The molecule has 154 valence electrons. The average Bonchev–Trinajstić information content (AvgIpc) is 2.67. The number of carbonyl (C=O) groups excluding carboxylic acids is 2. The fourth-order valence-corrected chi connectivity index (χ4v) is 3.84. The zero-order valence-electron chi connectivity index (χ0n) is 17.2. The molecule has 2 amide bonds. The van der Waals surface area contributed by atoms with Crippen LogP contribution >= 0.6 is 0 Å². The van der Waals surface area contributed by atoms with Crippen LogP contribution in [-0.2, 0) is 11.3 Å². The van der Waals surface area contributed by atoms with Crippen molar-refractivity contribution in [1.82, 2.24) is 19.4 Å². The maximum atomic E-state index is 12.9. The monoisotopic (exact) mass is 405 g/mol. The number of nitrogens with zero attached hydrogens (tertiary/aromatic N) is 4. The SMILES string of the molecule is Cc1ccc(-c2ccnc3c2cc(C(N)=O)c(=O)n3CC(=O)N2CC(C)(C)C2)nc1. The van der Waals surface area contributed by atoms with Crippen molar-refractivity contribution in [3.8, 4) is 11.3 Å². The first kappa shape index (κ1) is 19.8. The quantitative estimate of drug-likeness (QED) is 0.711. The summed E-state index contributed by atoms with van der Waals surface area (Å²) in [6.45, 7) is 7.14. The van der Waals surface area contributed by atoms with Crippen molar-refractivity contribution in [2.24, 2.45) is 11.1 Å². The van der Waals surface area contributed by atoms with Gasteiger partial charge in [-0.05, 0) is 36.1 Å². The van der Waals surface area contributed by atoms with Crippen LogP contribution in [0.1, 0.15) is 29.8 Å². The Kier molecular flexibility index (Phi) is 4.64. The summed E-state index contributed by atoms with van der Waals surface area (Å²) >= 11 is 0. The number of fused-ring (bicyclic) bond motifs is 1. The van der Waals surface area contributed by atoms with Gasteiger partial charge in [0.25, 0.3) is 11.5 Å². The smallest absolute Gasteiger partial charge is 0.265 e. The molecule has 4 rings (SSSR count). The minimum atomic E-state index is -0.847. The van der Waals surface area contributed by atoms with E-state index < -0.39 is 11.5 Å². The highest BCUT2D eigenvalue weighted by Crippen LogP contribution is 2.29. The lowest BCUT2D eigenvalue weighted by Crippen LogP contribution is -2.56. The van der Waals surface area contributed by atoms with E-state index >= 15 is 0 Å². The molecule has 0 radical (unpaired) electrons. The van der Waals surface area contributed by atoms with Gasteiger partial charge < -0.3 is 10.6 Å². The van der Waals surface area contributed by atoms with Gasteiger partial charge in [-0.2, -0.15) is 0 Å². The Morgan fingerprint density at radius 1 is 1.17 bits per heavy atom. The summed E-state index contributed by atoms with van der Waals surface area (Å²) in [6.07, 6.45) is 3.30. The van der Waals surface area contributed by atoms with Crippen LogP contribution in [0, 0.1) is 12.3 Å². The van der Waals surface area contributed by atoms with Crippen molar-refractivity contribution in [1.29, 1.82) is 0 Å². The summed E-state index contributed by atoms with van der Waals surface area (Å²) in [6, 6.07) is 6.99. The van der Waals surface area contributed by atoms with Crippen LogP contribution in [0.5, 0.6) is 0 Å². The van der Waals surface area contributed by atoms with Gasteiger partial charge in [0.05, 0.1) is 5.69 Å². The summed E-state index contributed by atoms with van der Waals surface area (Å²) < 4.78 is 1.24. The Morgan fingerprint density at radius 2 is 1.90 bits per heavy atom. The Bertz CT molecular complexity index is 1220. The number of nitrogens with two attached hydrogens (primary N) is 1. The third-order valence-electron chi connectivity index (χ3n) is 5.33. The molecule has 0 bridgehead atoms. The lowest BCUT2D eigenvalue weighted by Gasteiger charge is -2.45. The van der Waals surface area contributed by atoms with E-state index in [0.717, 1.165) is 5.56 Å². The van der Waals surface area contributed by atoms with Crippen molar-refractivity contribution >= 4 is 22.8 Å². The molecule has 3 aromatic heterocycles. The molecule has 0 atom stereocenters. The lowest BCUT2D eigenvalue weighted by atomic mass is 9.84. The number of pyridine rings is 3. The van der Waals surface area contributed by atoms with Crippen LogP contribution < -0.4 is 11.3 Å². The van der Waals surface area contributed by atoms with E-state index in [-0.39, 0.29) is 23.4 Å². The normalized spacial score (nSPS) is 15.1. The van der Waals surface area contributed by atoms with E-state index in [2.05, 4.69) is 23.8 Å². The lowest BCUT2D eigenvalue weighted by molar-refractivity contribution is -0.142. The number of hydrogen-bond donors (Lipinski definition) is 1. The van der Waals surface area contributed by atoms with Crippen molar-refractivity contribution in [2.75, 3.05) is 13.1 Å². The highest BCUT2D eigenvalue weighted by molar-refractivity contribution is 6.00. The highest BCUT2D eigenvalue weighted by Gasteiger charge is 2.37. The molecule has 1 fully saturated rings. The molecule has 0 unspecified atom stereocenters. The van der Waals surface area contributed by atoms with Crippen LogP contribution in [0.3, 0.4) is 0 Å². The largest absolute Gasteiger partial charge is 0.365 e. The molecule has 0 aromatic carbocycles. The number of carbonyl (C=O) groups is 2. The number of hydrogen-bond acceptors (Lipinski definition) is 5. The maximum absolute atomic E-state index is 12.9. The first-order valence-corrected chi connectivity index (χ1v) is 9.69. The molecular formula is C22H23N5O3. The van der Waals surface area contributed by atoms with Crippen LogP contribution in [0.4, 0.5) is 0 Å². The second kappa shape index (κ2) is 7.05. The third kappa shape index (κ3) is 3.45. The maximum Gasteiger partial charge on any atom is 0.265 e. The van der Waals surface area contributed by atoms with Gasteiger partial charge in [0.15, 0.2) is 0 Å². The molecule has 2 N–H and O–H groups in total. The van der Waals surface area contributed by atoms with Crippen molar-refractivity contribution in [3.63, 3.8) is 0 Å². The van der Waals surface area contributed by atoms with Gasteiger partial charge >= 0.3 is 0 Å². The van der Waals surface area contributed by atoms with E-state index in [1.165, 1.54) is 10.6 Å². The topological polar surface area (TPSA) is 111 Å². The summed E-state index contributed by atoms with van der Waals surface area (Å²) in [5.41, 5.74) is 7.43. The summed E-state index contributed by atoms with van der Waals surface area (Å²) in [4.78, 5) is 48.2. The molecule has 1 saturated heterocycles. The van der Waals surface area contributed by atoms with E-state index in [0.29, 0.717) is 35.4 Å². The predicted molar refractivity (Wildman–Crippen MR) is 113 cm³/mol. The van der Waals surface area contributed by atoms with E-state index in [9.17, 15) is 14.4 Å². The average molecular weight is 405 g/mol. The minimum Gasteiger partial charge on any atom is -0.365 e. The highest BCUT2D eigenvalue weighted by atomic mass is 16.2. The first-order chi connectivity index (χ1) is 14.2. The van der Waals surface area contributed by atoms with Gasteiger partial charge in [-0.3, -0.25) is 23.9 Å². The second-order valence-corrected chi connectivity index (χ2v) is 8.54. The van der Waals surface area contributed by atoms with Crippen LogP contribution in [0.2, 0.25) is 0 Å². The van der Waals surface area contributed by atoms with Gasteiger partial charge in [-0.15, -0.1) is 0 Å². The molecular weight excluding hydrogens is 382 g/mol. The number of likely N-dealkylation sites (tertiary alicyclic amines) is 1. The van der Waals surface area contributed by atoms with Gasteiger partial charge in [0, 0.05) is 36.4 Å².